The first-order chi connectivity index (χ1) is 12.4. The van der Waals surface area contributed by atoms with Gasteiger partial charge in [-0.05, 0) is 41.1 Å². The summed E-state index contributed by atoms with van der Waals surface area (Å²) in [5.41, 5.74) is 0. The second-order valence-corrected chi connectivity index (χ2v) is 9.77. The van der Waals surface area contributed by atoms with Crippen LogP contribution in [0, 0.1) is 0 Å². The van der Waals surface area contributed by atoms with Gasteiger partial charge in [-0.3, -0.25) is 0 Å². The minimum atomic E-state index is 1.34. The standard InChI is InChI=1S/C22H10S3/c1-2-5-12-11(4-1)10-17-21-20-16(24-17)9-8-15-19(20)18-13(23-15)6-3-7-14(18)25-22(12)21/h1-10H. The summed E-state index contributed by atoms with van der Waals surface area (Å²) in [6.07, 6.45) is 0. The lowest BCUT2D eigenvalue weighted by Gasteiger charge is -2.01. The Labute approximate surface area is 154 Å². The average Bonchev–Trinajstić information content (AvgIpc) is 3.13. The Morgan fingerprint density at radius 2 is 1.16 bits per heavy atom. The molecular weight excluding hydrogens is 360 g/mol. The lowest BCUT2D eigenvalue weighted by molar-refractivity contribution is 1.84. The maximum Gasteiger partial charge on any atom is 0.0448 e. The summed E-state index contributed by atoms with van der Waals surface area (Å²) >= 11 is 5.82. The monoisotopic (exact) mass is 370 g/mol. The van der Waals surface area contributed by atoms with E-state index in [1.807, 2.05) is 34.0 Å². The van der Waals surface area contributed by atoms with E-state index in [4.69, 9.17) is 0 Å². The van der Waals surface area contributed by atoms with Gasteiger partial charge in [-0.15, -0.1) is 34.0 Å². The van der Waals surface area contributed by atoms with Crippen LogP contribution in [0.15, 0.2) is 60.7 Å². The van der Waals surface area contributed by atoms with Gasteiger partial charge in [0, 0.05) is 49.7 Å². The minimum absolute atomic E-state index is 1.34. The van der Waals surface area contributed by atoms with Gasteiger partial charge in [0.15, 0.2) is 0 Å². The highest BCUT2D eigenvalue weighted by Crippen LogP contribution is 2.51. The van der Waals surface area contributed by atoms with Gasteiger partial charge in [-0.25, -0.2) is 0 Å². The normalized spacial score (nSPS) is 12.8. The van der Waals surface area contributed by atoms with Crippen molar-refractivity contribution in [2.24, 2.45) is 0 Å². The van der Waals surface area contributed by atoms with Crippen molar-refractivity contribution in [1.82, 2.24) is 0 Å². The van der Waals surface area contributed by atoms with Crippen molar-refractivity contribution in [3.63, 3.8) is 0 Å². The smallest absolute Gasteiger partial charge is 0.0448 e. The molecule has 7 aromatic rings. The van der Waals surface area contributed by atoms with E-state index in [1.165, 1.54) is 60.5 Å². The van der Waals surface area contributed by atoms with Crippen molar-refractivity contribution >= 4 is 94.5 Å². The molecule has 3 heteroatoms. The van der Waals surface area contributed by atoms with Gasteiger partial charge in [0.2, 0.25) is 0 Å². The van der Waals surface area contributed by atoms with E-state index in [-0.39, 0.29) is 0 Å². The highest BCUT2D eigenvalue weighted by atomic mass is 32.1. The minimum Gasteiger partial charge on any atom is -0.135 e. The fraction of sp³-hybridized carbons (Fsp3) is 0. The van der Waals surface area contributed by atoms with Crippen LogP contribution in [-0.2, 0) is 0 Å². The molecule has 0 aliphatic carbocycles. The molecule has 0 aliphatic heterocycles. The molecule has 0 aliphatic rings. The van der Waals surface area contributed by atoms with Crippen LogP contribution in [-0.4, -0.2) is 0 Å². The molecule has 7 rings (SSSR count). The number of hydrogen-bond donors (Lipinski definition) is 0. The summed E-state index contributed by atoms with van der Waals surface area (Å²) in [7, 11) is 0. The fourth-order valence-corrected chi connectivity index (χ4v) is 7.95. The molecule has 3 heterocycles. The highest BCUT2D eigenvalue weighted by Gasteiger charge is 2.19. The quantitative estimate of drug-likeness (QED) is 0.252. The van der Waals surface area contributed by atoms with Gasteiger partial charge in [0.05, 0.1) is 0 Å². The van der Waals surface area contributed by atoms with Crippen molar-refractivity contribution in [3.05, 3.63) is 60.7 Å². The molecule has 0 atom stereocenters. The Hall–Kier alpha value is -2.20. The van der Waals surface area contributed by atoms with Crippen LogP contribution in [0.2, 0.25) is 0 Å². The Kier molecular flexibility index (Phi) is 2.25. The van der Waals surface area contributed by atoms with Gasteiger partial charge < -0.3 is 0 Å². The van der Waals surface area contributed by atoms with Crippen molar-refractivity contribution < 1.29 is 0 Å². The van der Waals surface area contributed by atoms with Crippen LogP contribution in [0.25, 0.3) is 60.5 Å². The fourth-order valence-electron chi connectivity index (χ4n) is 4.22. The molecule has 0 spiro atoms. The predicted octanol–water partition coefficient (Wildman–Crippen LogP) is 8.23. The van der Waals surface area contributed by atoms with Crippen LogP contribution in [0.3, 0.4) is 0 Å². The Bertz CT molecular complexity index is 1590. The van der Waals surface area contributed by atoms with E-state index >= 15 is 0 Å². The molecule has 0 saturated heterocycles. The average molecular weight is 371 g/mol. The summed E-state index contributed by atoms with van der Waals surface area (Å²) < 4.78 is 8.47. The molecule has 116 valence electrons. The largest absolute Gasteiger partial charge is 0.135 e. The van der Waals surface area contributed by atoms with E-state index in [9.17, 15) is 0 Å². The molecule has 0 bridgehead atoms. The third kappa shape index (κ3) is 1.49. The lowest BCUT2D eigenvalue weighted by Crippen LogP contribution is -1.73. The van der Waals surface area contributed by atoms with E-state index in [1.54, 1.807) is 0 Å². The van der Waals surface area contributed by atoms with E-state index in [0.29, 0.717) is 0 Å². The molecule has 0 unspecified atom stereocenters. The molecule has 4 aromatic carbocycles. The molecule has 0 N–H and O–H groups in total. The summed E-state index contributed by atoms with van der Waals surface area (Å²) in [5, 5.41) is 8.59. The van der Waals surface area contributed by atoms with Crippen LogP contribution in [0.5, 0.6) is 0 Å². The molecule has 3 aromatic heterocycles. The number of rotatable bonds is 0. The van der Waals surface area contributed by atoms with Gasteiger partial charge in [0.1, 0.15) is 0 Å². The number of hydrogen-bond acceptors (Lipinski definition) is 3. The van der Waals surface area contributed by atoms with Crippen molar-refractivity contribution in [1.29, 1.82) is 0 Å². The lowest BCUT2D eigenvalue weighted by atomic mass is 10.0. The van der Waals surface area contributed by atoms with Crippen LogP contribution < -0.4 is 0 Å². The Balaban J connectivity index is 2.02. The first-order valence-electron chi connectivity index (χ1n) is 8.28. The van der Waals surface area contributed by atoms with Gasteiger partial charge in [-0.1, -0.05) is 30.3 Å². The molecule has 0 nitrogen and oxygen atoms in total. The van der Waals surface area contributed by atoms with Gasteiger partial charge in [0.25, 0.3) is 0 Å². The summed E-state index contributed by atoms with van der Waals surface area (Å²) in [4.78, 5) is 0. The van der Waals surface area contributed by atoms with E-state index < -0.39 is 0 Å². The Morgan fingerprint density at radius 1 is 0.480 bits per heavy atom. The first-order valence-corrected chi connectivity index (χ1v) is 10.7. The van der Waals surface area contributed by atoms with Crippen molar-refractivity contribution in [2.45, 2.75) is 0 Å². The number of thiophene rings is 2. The van der Waals surface area contributed by atoms with E-state index in [2.05, 4.69) is 60.7 Å². The molecular formula is C22H10S3. The summed E-state index contributed by atoms with van der Waals surface area (Å²) in [6.45, 7) is 0. The number of fused-ring (bicyclic) bond motifs is 2. The highest BCUT2D eigenvalue weighted by molar-refractivity contribution is 7.32. The molecule has 25 heavy (non-hydrogen) atoms. The van der Waals surface area contributed by atoms with Crippen molar-refractivity contribution in [2.75, 3.05) is 0 Å². The zero-order valence-electron chi connectivity index (χ0n) is 13.0. The van der Waals surface area contributed by atoms with E-state index in [0.717, 1.165) is 0 Å². The van der Waals surface area contributed by atoms with Gasteiger partial charge in [-0.2, -0.15) is 0 Å². The van der Waals surface area contributed by atoms with Crippen LogP contribution >= 0.6 is 34.0 Å². The van der Waals surface area contributed by atoms with Crippen molar-refractivity contribution in [3.8, 4) is 0 Å². The third-order valence-electron chi connectivity index (χ3n) is 5.23. The maximum absolute atomic E-state index is 2.38. The Morgan fingerprint density at radius 3 is 2.04 bits per heavy atom. The summed E-state index contributed by atoms with van der Waals surface area (Å²) in [6, 6.07) is 22.6. The molecule has 0 radical (unpaired) electrons. The third-order valence-corrected chi connectivity index (χ3v) is 8.64. The zero-order valence-corrected chi connectivity index (χ0v) is 15.4. The predicted molar refractivity (Wildman–Crippen MR) is 116 cm³/mol. The molecule has 0 saturated carbocycles. The second kappa shape index (κ2) is 4.31. The van der Waals surface area contributed by atoms with Crippen LogP contribution in [0.4, 0.5) is 0 Å². The zero-order chi connectivity index (χ0) is 16.1. The van der Waals surface area contributed by atoms with Crippen LogP contribution in [0.1, 0.15) is 0 Å². The summed E-state index contributed by atoms with van der Waals surface area (Å²) in [5.74, 6) is 0. The molecule has 0 fully saturated rings. The first kappa shape index (κ1) is 13.1. The second-order valence-electron chi connectivity index (χ2n) is 6.55. The molecule has 0 amide bonds. The topological polar surface area (TPSA) is 0 Å². The maximum atomic E-state index is 2.38. The SMILES string of the molecule is c1ccc2c(c1)cc1sc3ccc4sc5cccc6sc2c1c3c4c56. The van der Waals surface area contributed by atoms with Gasteiger partial charge >= 0.3 is 0 Å². The number of benzene rings is 4.